The summed E-state index contributed by atoms with van der Waals surface area (Å²) in [5, 5.41) is 0. The number of halogens is 2. The Hall–Kier alpha value is -1.16. The maximum atomic E-state index is 13.0. The van der Waals surface area contributed by atoms with Crippen molar-refractivity contribution in [2.75, 3.05) is 0 Å². The summed E-state index contributed by atoms with van der Waals surface area (Å²) in [7, 11) is 0. The molecule has 3 rings (SSSR count). The van der Waals surface area contributed by atoms with Crippen molar-refractivity contribution in [1.82, 2.24) is 9.55 Å². The highest BCUT2D eigenvalue weighted by Crippen LogP contribution is 2.34. The summed E-state index contributed by atoms with van der Waals surface area (Å²) >= 11 is 3.65. The first-order valence-corrected chi connectivity index (χ1v) is 7.53. The van der Waals surface area contributed by atoms with Crippen LogP contribution >= 0.6 is 15.9 Å². The van der Waals surface area contributed by atoms with E-state index in [4.69, 9.17) is 0 Å². The van der Waals surface area contributed by atoms with E-state index in [1.165, 1.54) is 44.2 Å². The van der Waals surface area contributed by atoms with Crippen molar-refractivity contribution in [3.05, 3.63) is 41.0 Å². The second kappa shape index (κ2) is 5.45. The third-order valence-corrected chi connectivity index (χ3v) is 4.60. The summed E-state index contributed by atoms with van der Waals surface area (Å²) in [6.07, 6.45) is 8.27. The van der Waals surface area contributed by atoms with Crippen LogP contribution in [0.15, 0.2) is 35.2 Å². The fourth-order valence-electron chi connectivity index (χ4n) is 2.76. The van der Waals surface area contributed by atoms with Gasteiger partial charge in [-0.2, -0.15) is 0 Å². The van der Waals surface area contributed by atoms with Gasteiger partial charge in [0.1, 0.15) is 16.1 Å². The highest BCUT2D eigenvalue weighted by Gasteiger charge is 2.19. The molecule has 4 heteroatoms. The molecule has 2 nitrogen and oxygen atoms in total. The van der Waals surface area contributed by atoms with Crippen molar-refractivity contribution < 1.29 is 4.39 Å². The second-order valence-electron chi connectivity index (χ2n) is 5.09. The molecule has 0 atom stereocenters. The van der Waals surface area contributed by atoms with Crippen LogP contribution in [0.4, 0.5) is 4.39 Å². The lowest BCUT2D eigenvalue weighted by molar-refractivity contribution is 0.349. The molecule has 0 radical (unpaired) electrons. The van der Waals surface area contributed by atoms with E-state index in [0.717, 1.165) is 15.9 Å². The van der Waals surface area contributed by atoms with Gasteiger partial charge in [-0.15, -0.1) is 0 Å². The van der Waals surface area contributed by atoms with Crippen LogP contribution in [-0.2, 0) is 0 Å². The standard InChI is InChI=1S/C15H16BrFN2/c16-15-14(11-6-8-12(17)9-7-11)18-10-19(15)13-4-2-1-3-5-13/h6-10,13H,1-5H2. The molecule has 1 aliphatic carbocycles. The van der Waals surface area contributed by atoms with Gasteiger partial charge in [0, 0.05) is 11.6 Å². The summed E-state index contributed by atoms with van der Waals surface area (Å²) in [6.45, 7) is 0. The van der Waals surface area contributed by atoms with E-state index in [2.05, 4.69) is 25.5 Å². The molecule has 0 N–H and O–H groups in total. The predicted molar refractivity (Wildman–Crippen MR) is 77.4 cm³/mol. The van der Waals surface area contributed by atoms with Gasteiger partial charge >= 0.3 is 0 Å². The van der Waals surface area contributed by atoms with Crippen molar-refractivity contribution in [2.45, 2.75) is 38.1 Å². The zero-order chi connectivity index (χ0) is 13.2. The Labute approximate surface area is 120 Å². The summed E-state index contributed by atoms with van der Waals surface area (Å²) in [6, 6.07) is 7.04. The van der Waals surface area contributed by atoms with E-state index < -0.39 is 0 Å². The monoisotopic (exact) mass is 322 g/mol. The van der Waals surface area contributed by atoms with Crippen molar-refractivity contribution >= 4 is 15.9 Å². The minimum absolute atomic E-state index is 0.216. The van der Waals surface area contributed by atoms with E-state index in [1.807, 2.05) is 6.33 Å². The quantitative estimate of drug-likeness (QED) is 0.764. The van der Waals surface area contributed by atoms with E-state index in [-0.39, 0.29) is 5.82 Å². The average Bonchev–Trinajstić information content (AvgIpc) is 2.83. The summed E-state index contributed by atoms with van der Waals surface area (Å²) in [4.78, 5) is 4.48. The van der Waals surface area contributed by atoms with Crippen molar-refractivity contribution in [3.8, 4) is 11.3 Å². The number of imidazole rings is 1. The SMILES string of the molecule is Fc1ccc(-c2ncn(C3CCCCC3)c2Br)cc1. The molecule has 0 spiro atoms. The Kier molecular flexibility index (Phi) is 3.69. The normalized spacial score (nSPS) is 16.7. The Balaban J connectivity index is 1.91. The molecule has 0 aliphatic heterocycles. The molecular weight excluding hydrogens is 307 g/mol. The Morgan fingerprint density at radius 2 is 1.79 bits per heavy atom. The largest absolute Gasteiger partial charge is 0.322 e. The van der Waals surface area contributed by atoms with Gasteiger partial charge in [-0.3, -0.25) is 0 Å². The van der Waals surface area contributed by atoms with Gasteiger partial charge in [-0.25, -0.2) is 9.37 Å². The fraction of sp³-hybridized carbons (Fsp3) is 0.400. The van der Waals surface area contributed by atoms with Crippen LogP contribution in [0.25, 0.3) is 11.3 Å². The van der Waals surface area contributed by atoms with Crippen LogP contribution < -0.4 is 0 Å². The van der Waals surface area contributed by atoms with Crippen molar-refractivity contribution in [2.24, 2.45) is 0 Å². The molecule has 0 amide bonds. The highest BCUT2D eigenvalue weighted by molar-refractivity contribution is 9.10. The van der Waals surface area contributed by atoms with Crippen LogP contribution in [0.3, 0.4) is 0 Å². The molecule has 1 saturated carbocycles. The summed E-state index contributed by atoms with van der Waals surface area (Å²) < 4.78 is 16.2. The predicted octanol–water partition coefficient (Wildman–Crippen LogP) is 4.96. The van der Waals surface area contributed by atoms with Crippen LogP contribution in [0, 0.1) is 5.82 Å². The third kappa shape index (κ3) is 2.59. The van der Waals surface area contributed by atoms with Crippen LogP contribution in [0.2, 0.25) is 0 Å². The van der Waals surface area contributed by atoms with Gasteiger partial charge in [-0.1, -0.05) is 19.3 Å². The molecule has 1 aromatic carbocycles. The number of nitrogens with zero attached hydrogens (tertiary/aromatic N) is 2. The lowest BCUT2D eigenvalue weighted by Crippen LogP contribution is -2.12. The van der Waals surface area contributed by atoms with Crippen molar-refractivity contribution in [3.63, 3.8) is 0 Å². The minimum Gasteiger partial charge on any atom is -0.322 e. The van der Waals surface area contributed by atoms with Crippen molar-refractivity contribution in [1.29, 1.82) is 0 Å². The molecule has 2 aromatic rings. The molecule has 0 saturated heterocycles. The molecule has 19 heavy (non-hydrogen) atoms. The number of rotatable bonds is 2. The van der Waals surface area contributed by atoms with Crippen LogP contribution in [0.1, 0.15) is 38.1 Å². The maximum Gasteiger partial charge on any atom is 0.123 e. The molecule has 1 heterocycles. The van der Waals surface area contributed by atoms with Gasteiger partial charge in [-0.05, 0) is 53.0 Å². The molecule has 100 valence electrons. The van der Waals surface area contributed by atoms with E-state index in [9.17, 15) is 4.39 Å². The highest BCUT2D eigenvalue weighted by atomic mass is 79.9. The maximum absolute atomic E-state index is 13.0. The number of hydrogen-bond acceptors (Lipinski definition) is 1. The lowest BCUT2D eigenvalue weighted by Gasteiger charge is -2.23. The van der Waals surface area contributed by atoms with Gasteiger partial charge in [0.2, 0.25) is 0 Å². The lowest BCUT2D eigenvalue weighted by atomic mass is 9.95. The van der Waals surface area contributed by atoms with Crippen LogP contribution in [0.5, 0.6) is 0 Å². The van der Waals surface area contributed by atoms with Gasteiger partial charge in [0.15, 0.2) is 0 Å². The topological polar surface area (TPSA) is 17.8 Å². The minimum atomic E-state index is -0.216. The third-order valence-electron chi connectivity index (χ3n) is 3.82. The summed E-state index contributed by atoms with van der Waals surface area (Å²) in [5.41, 5.74) is 1.84. The molecule has 1 fully saturated rings. The first kappa shape index (κ1) is 12.9. The van der Waals surface area contributed by atoms with E-state index in [1.54, 1.807) is 12.1 Å². The van der Waals surface area contributed by atoms with Crippen LogP contribution in [-0.4, -0.2) is 9.55 Å². The smallest absolute Gasteiger partial charge is 0.123 e. The summed E-state index contributed by atoms with van der Waals surface area (Å²) in [5.74, 6) is -0.216. The first-order valence-electron chi connectivity index (χ1n) is 6.74. The Morgan fingerprint density at radius 3 is 2.47 bits per heavy atom. The molecular formula is C15H16BrFN2. The van der Waals surface area contributed by atoms with Gasteiger partial charge in [0.05, 0.1) is 6.33 Å². The van der Waals surface area contributed by atoms with Gasteiger partial charge < -0.3 is 4.57 Å². The first-order chi connectivity index (χ1) is 9.25. The number of hydrogen-bond donors (Lipinski definition) is 0. The molecule has 0 unspecified atom stereocenters. The Bertz CT molecular complexity index is 556. The fourth-order valence-corrected chi connectivity index (χ4v) is 3.47. The van der Waals surface area contributed by atoms with Gasteiger partial charge in [0.25, 0.3) is 0 Å². The zero-order valence-corrected chi connectivity index (χ0v) is 12.2. The van der Waals surface area contributed by atoms with E-state index >= 15 is 0 Å². The molecule has 1 aromatic heterocycles. The molecule has 1 aliphatic rings. The number of aromatic nitrogens is 2. The second-order valence-corrected chi connectivity index (χ2v) is 5.84. The zero-order valence-electron chi connectivity index (χ0n) is 10.6. The van der Waals surface area contributed by atoms with E-state index in [0.29, 0.717) is 6.04 Å². The average molecular weight is 323 g/mol. The molecule has 0 bridgehead atoms. The Morgan fingerprint density at radius 1 is 1.11 bits per heavy atom. The number of benzene rings is 1.